The second-order valence-electron chi connectivity index (χ2n) is 6.63. The van der Waals surface area contributed by atoms with Crippen molar-refractivity contribution in [2.45, 2.75) is 25.1 Å². The van der Waals surface area contributed by atoms with Crippen molar-refractivity contribution in [1.29, 1.82) is 0 Å². The van der Waals surface area contributed by atoms with E-state index in [9.17, 15) is 18.0 Å². The number of thiazole rings is 1. The van der Waals surface area contributed by atoms with Gasteiger partial charge in [0.2, 0.25) is 0 Å². The Hall–Kier alpha value is -2.68. The van der Waals surface area contributed by atoms with E-state index in [4.69, 9.17) is 0 Å². The van der Waals surface area contributed by atoms with Crippen LogP contribution in [0.15, 0.2) is 48.0 Å². The first-order valence-corrected chi connectivity index (χ1v) is 9.72. The molecule has 1 atom stereocenters. The monoisotopic (exact) mass is 406 g/mol. The molecule has 1 amide bonds. The number of aromatic nitrogens is 3. The zero-order valence-electron chi connectivity index (χ0n) is 14.8. The Balaban J connectivity index is 1.48. The van der Waals surface area contributed by atoms with E-state index < -0.39 is 11.9 Å². The Morgan fingerprint density at radius 2 is 1.96 bits per heavy atom. The van der Waals surface area contributed by atoms with Gasteiger partial charge in [0.15, 0.2) is 5.69 Å². The van der Waals surface area contributed by atoms with Crippen LogP contribution in [-0.4, -0.2) is 38.7 Å². The lowest BCUT2D eigenvalue weighted by Gasteiger charge is -2.32. The quantitative estimate of drug-likeness (QED) is 0.643. The largest absolute Gasteiger partial charge is 0.435 e. The van der Waals surface area contributed by atoms with Gasteiger partial charge in [0, 0.05) is 30.2 Å². The highest BCUT2D eigenvalue weighted by Crippen LogP contribution is 2.30. The summed E-state index contributed by atoms with van der Waals surface area (Å²) >= 11 is 1.40. The van der Waals surface area contributed by atoms with Crippen LogP contribution in [-0.2, 0) is 6.18 Å². The van der Waals surface area contributed by atoms with E-state index in [1.54, 1.807) is 10.3 Å². The summed E-state index contributed by atoms with van der Waals surface area (Å²) < 4.78 is 39.7. The normalized spacial score (nSPS) is 17.7. The third kappa shape index (κ3) is 3.80. The van der Waals surface area contributed by atoms with Crippen molar-refractivity contribution in [2.75, 3.05) is 13.1 Å². The first-order valence-electron chi connectivity index (χ1n) is 8.84. The van der Waals surface area contributed by atoms with Crippen LogP contribution in [0.25, 0.3) is 10.6 Å². The van der Waals surface area contributed by atoms with Gasteiger partial charge in [-0.15, -0.1) is 11.3 Å². The first-order chi connectivity index (χ1) is 13.4. The molecule has 0 N–H and O–H groups in total. The number of carbonyl (C=O) groups excluding carboxylic acids is 1. The second kappa shape index (κ2) is 7.38. The number of hydrogen-bond acceptors (Lipinski definition) is 4. The molecule has 4 rings (SSSR count). The molecule has 1 aromatic carbocycles. The number of carbonyl (C=O) groups is 1. The molecule has 146 valence electrons. The standard InChI is InChI=1S/C19H17F3N4OS/c20-19(21,22)16-8-10-26(24-16)14-7-4-9-25(11-14)18(27)15-12-28-17(23-15)13-5-2-1-3-6-13/h1-3,5-6,8,10,12,14H,4,7,9,11H2/t14-/m1/s1. The van der Waals surface area contributed by atoms with Gasteiger partial charge in [-0.05, 0) is 18.9 Å². The molecule has 0 radical (unpaired) electrons. The Morgan fingerprint density at radius 1 is 1.18 bits per heavy atom. The maximum atomic E-state index is 12.8. The topological polar surface area (TPSA) is 51.0 Å². The molecule has 0 aliphatic carbocycles. The predicted molar refractivity (Wildman–Crippen MR) is 99.0 cm³/mol. The first kappa shape index (κ1) is 18.7. The third-order valence-corrected chi connectivity index (χ3v) is 5.59. The minimum Gasteiger partial charge on any atom is -0.335 e. The number of piperidine rings is 1. The molecule has 3 aromatic rings. The lowest BCUT2D eigenvalue weighted by Crippen LogP contribution is -2.41. The minimum atomic E-state index is -4.47. The summed E-state index contributed by atoms with van der Waals surface area (Å²) in [6.07, 6.45) is -1.76. The summed E-state index contributed by atoms with van der Waals surface area (Å²) in [7, 11) is 0. The molecular formula is C19H17F3N4OS. The van der Waals surface area contributed by atoms with Crippen molar-refractivity contribution in [2.24, 2.45) is 0 Å². The molecule has 0 unspecified atom stereocenters. The highest BCUT2D eigenvalue weighted by Gasteiger charge is 2.35. The van der Waals surface area contributed by atoms with Crippen LogP contribution in [0.1, 0.15) is 35.1 Å². The number of halogens is 3. The maximum Gasteiger partial charge on any atom is 0.435 e. The van der Waals surface area contributed by atoms with Crippen LogP contribution in [0.2, 0.25) is 0 Å². The molecule has 28 heavy (non-hydrogen) atoms. The molecule has 1 aliphatic rings. The third-order valence-electron chi connectivity index (χ3n) is 4.70. The van der Waals surface area contributed by atoms with Crippen LogP contribution in [0.5, 0.6) is 0 Å². The molecule has 2 aromatic heterocycles. The summed E-state index contributed by atoms with van der Waals surface area (Å²) in [6, 6.07) is 10.3. The Morgan fingerprint density at radius 3 is 2.68 bits per heavy atom. The van der Waals surface area contributed by atoms with E-state index in [1.165, 1.54) is 22.2 Å². The van der Waals surface area contributed by atoms with Crippen LogP contribution in [0.4, 0.5) is 13.2 Å². The number of nitrogens with zero attached hydrogens (tertiary/aromatic N) is 4. The fraction of sp³-hybridized carbons (Fsp3) is 0.316. The van der Waals surface area contributed by atoms with E-state index in [1.807, 2.05) is 30.3 Å². The van der Waals surface area contributed by atoms with Gasteiger partial charge in [-0.25, -0.2) is 4.98 Å². The predicted octanol–water partition coefficient (Wildman–Crippen LogP) is 4.50. The highest BCUT2D eigenvalue weighted by atomic mass is 32.1. The van der Waals surface area contributed by atoms with Gasteiger partial charge in [-0.3, -0.25) is 9.48 Å². The van der Waals surface area contributed by atoms with E-state index in [0.29, 0.717) is 31.6 Å². The van der Waals surface area contributed by atoms with Crippen LogP contribution < -0.4 is 0 Å². The van der Waals surface area contributed by atoms with E-state index >= 15 is 0 Å². The molecule has 5 nitrogen and oxygen atoms in total. The van der Waals surface area contributed by atoms with E-state index in [0.717, 1.165) is 16.6 Å². The molecule has 1 aliphatic heterocycles. The SMILES string of the molecule is O=C(c1csc(-c2ccccc2)n1)N1CCC[C@@H](n2ccc(C(F)(F)F)n2)C1. The maximum absolute atomic E-state index is 12.8. The van der Waals surface area contributed by atoms with Gasteiger partial charge in [0.05, 0.1) is 6.04 Å². The number of hydrogen-bond donors (Lipinski definition) is 0. The van der Waals surface area contributed by atoms with Crippen LogP contribution >= 0.6 is 11.3 Å². The molecular weight excluding hydrogens is 389 g/mol. The lowest BCUT2D eigenvalue weighted by molar-refractivity contribution is -0.141. The number of rotatable bonds is 3. The van der Waals surface area contributed by atoms with Gasteiger partial charge >= 0.3 is 6.18 Å². The van der Waals surface area contributed by atoms with Crippen molar-refractivity contribution >= 4 is 17.2 Å². The van der Waals surface area contributed by atoms with Crippen molar-refractivity contribution in [3.8, 4) is 10.6 Å². The summed E-state index contributed by atoms with van der Waals surface area (Å²) in [6.45, 7) is 0.872. The fourth-order valence-electron chi connectivity index (χ4n) is 3.29. The molecule has 1 fully saturated rings. The average Bonchev–Trinajstić information content (AvgIpc) is 3.38. The number of benzene rings is 1. The number of likely N-dealkylation sites (tertiary alicyclic amines) is 1. The van der Waals surface area contributed by atoms with E-state index in [2.05, 4.69) is 10.1 Å². The summed E-state index contributed by atoms with van der Waals surface area (Å²) in [5.41, 5.74) is 0.392. The molecule has 3 heterocycles. The van der Waals surface area contributed by atoms with Crippen molar-refractivity contribution in [1.82, 2.24) is 19.7 Å². The summed E-state index contributed by atoms with van der Waals surface area (Å²) in [4.78, 5) is 18.9. The molecule has 0 bridgehead atoms. The zero-order valence-corrected chi connectivity index (χ0v) is 15.6. The Kier molecular flexibility index (Phi) is 4.92. The average molecular weight is 406 g/mol. The van der Waals surface area contributed by atoms with Gasteiger partial charge < -0.3 is 4.90 Å². The Labute approximate surface area is 163 Å². The Bertz CT molecular complexity index is 967. The molecule has 1 saturated heterocycles. The van der Waals surface area contributed by atoms with E-state index in [-0.39, 0.29) is 11.9 Å². The van der Waals surface area contributed by atoms with Crippen molar-refractivity contribution in [3.05, 3.63) is 59.4 Å². The highest BCUT2D eigenvalue weighted by molar-refractivity contribution is 7.13. The van der Waals surface area contributed by atoms with Gasteiger partial charge in [-0.1, -0.05) is 30.3 Å². The van der Waals surface area contributed by atoms with Gasteiger partial charge in [0.1, 0.15) is 10.7 Å². The lowest BCUT2D eigenvalue weighted by atomic mass is 10.1. The van der Waals surface area contributed by atoms with Crippen molar-refractivity contribution < 1.29 is 18.0 Å². The van der Waals surface area contributed by atoms with Gasteiger partial charge in [0.25, 0.3) is 5.91 Å². The smallest absolute Gasteiger partial charge is 0.335 e. The number of alkyl halides is 3. The number of amides is 1. The second-order valence-corrected chi connectivity index (χ2v) is 7.49. The van der Waals surface area contributed by atoms with Gasteiger partial charge in [-0.2, -0.15) is 18.3 Å². The zero-order chi connectivity index (χ0) is 19.7. The molecule has 0 spiro atoms. The fourth-order valence-corrected chi connectivity index (χ4v) is 4.09. The van der Waals surface area contributed by atoms with Crippen LogP contribution in [0.3, 0.4) is 0 Å². The van der Waals surface area contributed by atoms with Crippen molar-refractivity contribution in [3.63, 3.8) is 0 Å². The molecule has 9 heteroatoms. The summed E-state index contributed by atoms with van der Waals surface area (Å²) in [5.74, 6) is -0.202. The molecule has 0 saturated carbocycles. The van der Waals surface area contributed by atoms with Crippen LogP contribution in [0, 0.1) is 0 Å². The summed E-state index contributed by atoms with van der Waals surface area (Å²) in [5, 5.41) is 6.15. The minimum absolute atomic E-state index is 0.202.